The lowest BCUT2D eigenvalue weighted by atomic mass is 9.95. The van der Waals surface area contributed by atoms with Crippen molar-refractivity contribution in [2.24, 2.45) is 5.92 Å². The van der Waals surface area contributed by atoms with Gasteiger partial charge in [-0.05, 0) is 45.8 Å². The first-order valence-electron chi connectivity index (χ1n) is 14.5. The molecule has 41 heavy (non-hydrogen) atoms. The SMILES string of the molecule is C[C@@H]1C/C=C/Cc2cccc(O[Si](c3ccccc3)(c3ccccc3)C(C)(C)C)c2C(=O)O[C@H]2C[C@@H]1OC2CC#N. The van der Waals surface area contributed by atoms with Crippen LogP contribution < -0.4 is 14.8 Å². The largest absolute Gasteiger partial charge is 0.533 e. The Hall–Kier alpha value is -3.66. The third kappa shape index (κ3) is 5.75. The smallest absolute Gasteiger partial charge is 0.342 e. The first-order chi connectivity index (χ1) is 19.7. The topological polar surface area (TPSA) is 68.6 Å². The van der Waals surface area contributed by atoms with Crippen molar-refractivity contribution in [1.29, 1.82) is 5.26 Å². The third-order valence-electron chi connectivity index (χ3n) is 8.42. The van der Waals surface area contributed by atoms with Crippen LogP contribution >= 0.6 is 0 Å². The van der Waals surface area contributed by atoms with E-state index in [4.69, 9.17) is 13.9 Å². The van der Waals surface area contributed by atoms with E-state index < -0.39 is 26.5 Å². The maximum absolute atomic E-state index is 14.1. The van der Waals surface area contributed by atoms with Gasteiger partial charge >= 0.3 is 14.3 Å². The molecule has 1 fully saturated rings. The maximum atomic E-state index is 14.1. The van der Waals surface area contributed by atoms with E-state index in [2.05, 4.69) is 94.4 Å². The van der Waals surface area contributed by atoms with Gasteiger partial charge in [0.25, 0.3) is 0 Å². The number of carbonyl (C=O) groups excluding carboxylic acids is 1. The summed E-state index contributed by atoms with van der Waals surface area (Å²) in [6, 6.07) is 28.9. The van der Waals surface area contributed by atoms with Crippen molar-refractivity contribution in [1.82, 2.24) is 0 Å². The van der Waals surface area contributed by atoms with Gasteiger partial charge in [0.2, 0.25) is 0 Å². The van der Waals surface area contributed by atoms with E-state index >= 15 is 0 Å². The van der Waals surface area contributed by atoms with Crippen LogP contribution in [0.25, 0.3) is 0 Å². The van der Waals surface area contributed by atoms with E-state index in [0.29, 0.717) is 24.2 Å². The highest BCUT2D eigenvalue weighted by Gasteiger charge is 2.52. The second-order valence-corrected chi connectivity index (χ2v) is 16.4. The molecule has 5 nitrogen and oxygen atoms in total. The Labute approximate surface area is 244 Å². The normalized spacial score (nSPS) is 23.7. The van der Waals surface area contributed by atoms with Gasteiger partial charge in [0.15, 0.2) is 0 Å². The number of hydrogen-bond donors (Lipinski definition) is 0. The van der Waals surface area contributed by atoms with E-state index in [1.165, 1.54) is 0 Å². The Bertz CT molecular complexity index is 1380. The molecule has 0 N–H and O–H groups in total. The van der Waals surface area contributed by atoms with Crippen molar-refractivity contribution in [2.75, 3.05) is 0 Å². The van der Waals surface area contributed by atoms with E-state index in [-0.39, 0.29) is 23.5 Å². The van der Waals surface area contributed by atoms with E-state index in [1.807, 2.05) is 30.3 Å². The molecule has 1 unspecified atom stereocenters. The predicted octanol–water partition coefficient (Wildman–Crippen LogP) is 6.36. The second kappa shape index (κ2) is 12.1. The Morgan fingerprint density at radius 1 is 0.927 bits per heavy atom. The van der Waals surface area contributed by atoms with Gasteiger partial charge in [0.1, 0.15) is 23.5 Å². The van der Waals surface area contributed by atoms with Crippen molar-refractivity contribution in [2.45, 2.75) is 76.7 Å². The molecule has 0 aromatic heterocycles. The van der Waals surface area contributed by atoms with Gasteiger partial charge in [-0.3, -0.25) is 0 Å². The Balaban J connectivity index is 1.65. The highest BCUT2D eigenvalue weighted by Crippen LogP contribution is 2.40. The lowest BCUT2D eigenvalue weighted by Gasteiger charge is -2.43. The number of fused-ring (bicyclic) bond motifs is 3. The van der Waals surface area contributed by atoms with Crippen LogP contribution in [0, 0.1) is 17.2 Å². The van der Waals surface area contributed by atoms with E-state index in [0.717, 1.165) is 22.4 Å². The van der Waals surface area contributed by atoms with Gasteiger partial charge in [-0.2, -0.15) is 5.26 Å². The summed E-state index contributed by atoms with van der Waals surface area (Å²) in [6.45, 7) is 8.82. The van der Waals surface area contributed by atoms with Crippen LogP contribution in [0.3, 0.4) is 0 Å². The fourth-order valence-corrected chi connectivity index (χ4v) is 10.7. The minimum absolute atomic E-state index is 0.0571. The van der Waals surface area contributed by atoms with E-state index in [1.54, 1.807) is 0 Å². The van der Waals surface area contributed by atoms with Crippen molar-refractivity contribution in [3.05, 3.63) is 102 Å². The number of ether oxygens (including phenoxy) is 2. The maximum Gasteiger partial charge on any atom is 0.342 e. The van der Waals surface area contributed by atoms with Crippen LogP contribution in [-0.2, 0) is 15.9 Å². The molecule has 2 aliphatic rings. The molecular formula is C35H39NO4Si. The third-order valence-corrected chi connectivity index (χ3v) is 13.4. The summed E-state index contributed by atoms with van der Waals surface area (Å²) in [5, 5.41) is 11.4. The summed E-state index contributed by atoms with van der Waals surface area (Å²) in [6.07, 6.45) is 5.54. The molecule has 0 amide bonds. The molecule has 3 aromatic rings. The lowest BCUT2D eigenvalue weighted by molar-refractivity contribution is -0.0188. The lowest BCUT2D eigenvalue weighted by Crippen LogP contribution is -2.69. The van der Waals surface area contributed by atoms with Crippen LogP contribution in [-0.4, -0.2) is 32.6 Å². The van der Waals surface area contributed by atoms with E-state index in [9.17, 15) is 10.1 Å². The molecule has 5 rings (SSSR count). The Morgan fingerprint density at radius 3 is 2.20 bits per heavy atom. The van der Waals surface area contributed by atoms with Crippen LogP contribution in [0.5, 0.6) is 5.75 Å². The molecule has 4 atom stereocenters. The average Bonchev–Trinajstić information content (AvgIpc) is 3.36. The number of allylic oxidation sites excluding steroid dienone is 2. The summed E-state index contributed by atoms with van der Waals surface area (Å²) < 4.78 is 19.8. The number of rotatable bonds is 5. The molecule has 0 saturated carbocycles. The number of nitriles is 1. The van der Waals surface area contributed by atoms with Crippen LogP contribution in [0.4, 0.5) is 0 Å². The van der Waals surface area contributed by atoms with Crippen molar-refractivity contribution >= 4 is 24.7 Å². The molecule has 212 valence electrons. The van der Waals surface area contributed by atoms with Crippen molar-refractivity contribution in [3.8, 4) is 11.8 Å². The van der Waals surface area contributed by atoms with Crippen molar-refractivity contribution < 1.29 is 18.7 Å². The molecule has 6 heteroatoms. The zero-order valence-corrected chi connectivity index (χ0v) is 25.4. The monoisotopic (exact) mass is 565 g/mol. The highest BCUT2D eigenvalue weighted by atomic mass is 28.4. The standard InChI is InChI=1S/C35H39NO4Si/c1-25-14-11-12-15-26-16-13-21-30(33(26)34(37)39-32-24-31(25)38-29(32)22-23-36)40-41(35(2,3)4,27-17-7-5-8-18-27)28-19-9-6-10-20-28/h5-13,16-21,25,29,31-32H,14-15,22,24H2,1-4H3/b12-11+/t25-,29?,31+,32+/m1/s1. The fourth-order valence-electron chi connectivity index (χ4n) is 6.26. The zero-order valence-electron chi connectivity index (χ0n) is 24.4. The molecule has 2 heterocycles. The Kier molecular flexibility index (Phi) is 8.49. The highest BCUT2D eigenvalue weighted by molar-refractivity contribution is 7.00. The summed E-state index contributed by atoms with van der Waals surface area (Å²) in [5.41, 5.74) is 1.32. The fraction of sp³-hybridized carbons (Fsp3) is 0.371. The molecule has 0 radical (unpaired) electrons. The minimum Gasteiger partial charge on any atom is -0.533 e. The molecular weight excluding hydrogens is 526 g/mol. The average molecular weight is 566 g/mol. The van der Waals surface area contributed by atoms with Crippen LogP contribution in [0.15, 0.2) is 91.0 Å². The molecule has 2 bridgehead atoms. The van der Waals surface area contributed by atoms with Gasteiger partial charge in [0, 0.05) is 6.42 Å². The second-order valence-electron chi connectivity index (χ2n) is 12.2. The molecule has 0 spiro atoms. The van der Waals surface area contributed by atoms with Crippen LogP contribution in [0.1, 0.15) is 62.9 Å². The van der Waals surface area contributed by atoms with Gasteiger partial charge in [-0.1, -0.05) is 113 Å². The number of hydrogen-bond acceptors (Lipinski definition) is 5. The summed E-state index contributed by atoms with van der Waals surface area (Å²) in [4.78, 5) is 14.1. The predicted molar refractivity (Wildman–Crippen MR) is 164 cm³/mol. The number of esters is 1. The first kappa shape index (κ1) is 28.9. The number of carbonyl (C=O) groups is 1. The molecule has 0 aliphatic carbocycles. The summed E-state index contributed by atoms with van der Waals surface area (Å²) in [5.74, 6) is 0.375. The van der Waals surface area contributed by atoms with Crippen LogP contribution in [0.2, 0.25) is 5.04 Å². The Morgan fingerprint density at radius 2 is 1.59 bits per heavy atom. The number of benzene rings is 3. The molecule has 2 aliphatic heterocycles. The quantitative estimate of drug-likeness (QED) is 0.205. The molecule has 3 aromatic carbocycles. The zero-order chi connectivity index (χ0) is 29.0. The number of nitrogens with zero attached hydrogens (tertiary/aromatic N) is 1. The van der Waals surface area contributed by atoms with Gasteiger partial charge in [0.05, 0.1) is 18.6 Å². The van der Waals surface area contributed by atoms with Gasteiger partial charge in [-0.15, -0.1) is 0 Å². The van der Waals surface area contributed by atoms with Gasteiger partial charge in [-0.25, -0.2) is 4.79 Å². The summed E-state index contributed by atoms with van der Waals surface area (Å²) >= 11 is 0. The minimum atomic E-state index is -2.99. The van der Waals surface area contributed by atoms with Gasteiger partial charge < -0.3 is 13.9 Å². The van der Waals surface area contributed by atoms with Crippen molar-refractivity contribution in [3.63, 3.8) is 0 Å². The molecule has 1 saturated heterocycles. The first-order valence-corrected chi connectivity index (χ1v) is 16.5. The summed E-state index contributed by atoms with van der Waals surface area (Å²) in [7, 11) is -2.99.